The van der Waals surface area contributed by atoms with E-state index >= 15 is 0 Å². The van der Waals surface area contributed by atoms with E-state index in [0.29, 0.717) is 19.8 Å². The number of carbonyl (C=O) groups excluding carboxylic acids is 1. The van der Waals surface area contributed by atoms with Crippen LogP contribution in [0.1, 0.15) is 38.2 Å². The summed E-state index contributed by atoms with van der Waals surface area (Å²) in [5.41, 5.74) is 2.75. The predicted molar refractivity (Wildman–Crippen MR) is 92.3 cm³/mol. The average Bonchev–Trinajstić information content (AvgIpc) is 2.92. The second kappa shape index (κ2) is 7.36. The van der Waals surface area contributed by atoms with Crippen LogP contribution in [0.3, 0.4) is 0 Å². The molecular formula is C17H22N4O2S. The molecule has 0 unspecified atom stereocenters. The summed E-state index contributed by atoms with van der Waals surface area (Å²) in [7, 11) is 0. The van der Waals surface area contributed by atoms with Gasteiger partial charge >= 0.3 is 0 Å². The Balaban J connectivity index is 1.72. The Hall–Kier alpha value is -1.86. The predicted octanol–water partition coefficient (Wildman–Crippen LogP) is 2.33. The second-order valence-corrected chi connectivity index (χ2v) is 7.21. The van der Waals surface area contributed by atoms with Gasteiger partial charge in [-0.2, -0.15) is 0 Å². The maximum absolute atomic E-state index is 12.9. The number of hydrogen-bond acceptors (Lipinski definition) is 6. The van der Waals surface area contributed by atoms with Crippen LogP contribution in [0.4, 0.5) is 0 Å². The lowest BCUT2D eigenvalue weighted by atomic mass is 10.1. The van der Waals surface area contributed by atoms with E-state index in [2.05, 4.69) is 15.0 Å². The molecule has 128 valence electrons. The molecule has 1 amide bonds. The van der Waals surface area contributed by atoms with E-state index in [4.69, 9.17) is 4.74 Å². The van der Waals surface area contributed by atoms with Crippen molar-refractivity contribution < 1.29 is 9.53 Å². The molecule has 0 spiro atoms. The van der Waals surface area contributed by atoms with Crippen molar-refractivity contribution in [1.29, 1.82) is 0 Å². The van der Waals surface area contributed by atoms with Crippen molar-refractivity contribution >= 4 is 17.2 Å². The number of hydrogen-bond donors (Lipinski definition) is 0. The fraction of sp³-hybridized carbons (Fsp3) is 0.529. The first-order valence-corrected chi connectivity index (χ1v) is 8.97. The average molecular weight is 346 g/mol. The summed E-state index contributed by atoms with van der Waals surface area (Å²) < 4.78 is 5.61. The van der Waals surface area contributed by atoms with Crippen LogP contribution in [-0.4, -0.2) is 51.6 Å². The van der Waals surface area contributed by atoms with E-state index in [0.717, 1.165) is 39.8 Å². The Labute approximate surface area is 145 Å². The molecule has 0 radical (unpaired) electrons. The number of carbonyl (C=O) groups is 1. The lowest BCUT2D eigenvalue weighted by Crippen LogP contribution is -2.48. The molecule has 2 aromatic rings. The van der Waals surface area contributed by atoms with Crippen molar-refractivity contribution in [2.45, 2.75) is 39.7 Å². The SMILES string of the molecule is Cc1nc(C)c(C(=O)N2CCOC[C@H]2CCc2nccnc2C)s1. The van der Waals surface area contributed by atoms with Gasteiger partial charge in [-0.15, -0.1) is 11.3 Å². The van der Waals surface area contributed by atoms with Gasteiger partial charge in [0.2, 0.25) is 0 Å². The highest BCUT2D eigenvalue weighted by atomic mass is 32.1. The largest absolute Gasteiger partial charge is 0.377 e. The van der Waals surface area contributed by atoms with E-state index in [1.807, 2.05) is 25.7 Å². The minimum Gasteiger partial charge on any atom is -0.377 e. The number of aromatic nitrogens is 3. The van der Waals surface area contributed by atoms with Crippen LogP contribution in [0.25, 0.3) is 0 Å². The molecule has 1 aliphatic heterocycles. The Morgan fingerprint density at radius 1 is 1.29 bits per heavy atom. The van der Waals surface area contributed by atoms with Gasteiger partial charge in [-0.3, -0.25) is 14.8 Å². The van der Waals surface area contributed by atoms with Crippen LogP contribution in [0, 0.1) is 20.8 Å². The Kier molecular flexibility index (Phi) is 5.20. The zero-order valence-corrected chi connectivity index (χ0v) is 15.1. The van der Waals surface area contributed by atoms with Crippen LogP contribution >= 0.6 is 11.3 Å². The molecule has 0 aromatic carbocycles. The fourth-order valence-corrected chi connectivity index (χ4v) is 3.88. The first-order valence-electron chi connectivity index (χ1n) is 8.15. The molecule has 24 heavy (non-hydrogen) atoms. The number of nitrogens with zero attached hydrogens (tertiary/aromatic N) is 4. The van der Waals surface area contributed by atoms with Gasteiger partial charge in [-0.25, -0.2) is 4.98 Å². The first-order chi connectivity index (χ1) is 11.6. The summed E-state index contributed by atoms with van der Waals surface area (Å²) >= 11 is 1.47. The van der Waals surface area contributed by atoms with E-state index in [-0.39, 0.29) is 11.9 Å². The third kappa shape index (κ3) is 3.62. The van der Waals surface area contributed by atoms with Crippen molar-refractivity contribution in [2.75, 3.05) is 19.8 Å². The molecular weight excluding hydrogens is 324 g/mol. The summed E-state index contributed by atoms with van der Waals surface area (Å²) in [4.78, 5) is 28.7. The molecule has 0 bridgehead atoms. The number of rotatable bonds is 4. The van der Waals surface area contributed by atoms with E-state index in [1.165, 1.54) is 11.3 Å². The molecule has 7 heteroatoms. The fourth-order valence-electron chi connectivity index (χ4n) is 3.01. The Bertz CT molecular complexity index is 731. The third-order valence-electron chi connectivity index (χ3n) is 4.28. The lowest BCUT2D eigenvalue weighted by Gasteiger charge is -2.35. The molecule has 3 rings (SSSR count). The van der Waals surface area contributed by atoms with Crippen molar-refractivity contribution in [3.63, 3.8) is 0 Å². The van der Waals surface area contributed by atoms with Gasteiger partial charge in [0.1, 0.15) is 4.88 Å². The molecule has 6 nitrogen and oxygen atoms in total. The van der Waals surface area contributed by atoms with Gasteiger partial charge in [0.25, 0.3) is 5.91 Å². The van der Waals surface area contributed by atoms with Crippen molar-refractivity contribution in [3.05, 3.63) is 39.4 Å². The van der Waals surface area contributed by atoms with Crippen LogP contribution in [0.5, 0.6) is 0 Å². The number of aryl methyl sites for hydroxylation is 4. The van der Waals surface area contributed by atoms with E-state index in [1.54, 1.807) is 12.4 Å². The monoisotopic (exact) mass is 346 g/mol. The zero-order valence-electron chi connectivity index (χ0n) is 14.3. The molecule has 1 atom stereocenters. The molecule has 3 heterocycles. The van der Waals surface area contributed by atoms with Gasteiger partial charge in [0.15, 0.2) is 0 Å². The minimum atomic E-state index is 0.0643. The highest BCUT2D eigenvalue weighted by Crippen LogP contribution is 2.23. The van der Waals surface area contributed by atoms with Crippen LogP contribution < -0.4 is 0 Å². The van der Waals surface area contributed by atoms with Gasteiger partial charge in [-0.1, -0.05) is 0 Å². The molecule has 0 saturated carbocycles. The number of thiazole rings is 1. The maximum Gasteiger partial charge on any atom is 0.266 e. The van der Waals surface area contributed by atoms with Crippen molar-refractivity contribution in [1.82, 2.24) is 19.9 Å². The molecule has 1 saturated heterocycles. The number of ether oxygens (including phenoxy) is 1. The molecule has 2 aromatic heterocycles. The van der Waals surface area contributed by atoms with Crippen molar-refractivity contribution in [3.8, 4) is 0 Å². The summed E-state index contributed by atoms with van der Waals surface area (Å²) in [5.74, 6) is 0.0715. The normalized spacial score (nSPS) is 18.0. The number of amides is 1. The lowest BCUT2D eigenvalue weighted by molar-refractivity contribution is -0.00393. The Morgan fingerprint density at radius 2 is 2.08 bits per heavy atom. The topological polar surface area (TPSA) is 68.2 Å². The van der Waals surface area contributed by atoms with Crippen LogP contribution in [-0.2, 0) is 11.2 Å². The highest BCUT2D eigenvalue weighted by Gasteiger charge is 2.30. The Morgan fingerprint density at radius 3 is 2.79 bits per heavy atom. The van der Waals surface area contributed by atoms with E-state index in [9.17, 15) is 4.79 Å². The summed E-state index contributed by atoms with van der Waals surface area (Å²) in [6.45, 7) is 7.58. The minimum absolute atomic E-state index is 0.0643. The van der Waals surface area contributed by atoms with Gasteiger partial charge < -0.3 is 9.64 Å². The molecule has 0 N–H and O–H groups in total. The zero-order chi connectivity index (χ0) is 17.1. The summed E-state index contributed by atoms with van der Waals surface area (Å²) in [5, 5.41) is 0.927. The van der Waals surface area contributed by atoms with Crippen LogP contribution in [0.2, 0.25) is 0 Å². The smallest absolute Gasteiger partial charge is 0.266 e. The highest BCUT2D eigenvalue weighted by molar-refractivity contribution is 7.13. The van der Waals surface area contributed by atoms with E-state index < -0.39 is 0 Å². The van der Waals surface area contributed by atoms with Gasteiger partial charge in [0, 0.05) is 18.9 Å². The summed E-state index contributed by atoms with van der Waals surface area (Å²) in [6.07, 6.45) is 5.03. The standard InChI is InChI=1S/C17H22N4O2S/c1-11-15(19-7-6-18-11)5-4-14-10-23-9-8-21(14)17(22)16-12(2)20-13(3)24-16/h6-7,14H,4-5,8-10H2,1-3H3/t14-/m1/s1. The van der Waals surface area contributed by atoms with Crippen LogP contribution in [0.15, 0.2) is 12.4 Å². The number of morpholine rings is 1. The van der Waals surface area contributed by atoms with Gasteiger partial charge in [-0.05, 0) is 33.6 Å². The molecule has 1 fully saturated rings. The van der Waals surface area contributed by atoms with Gasteiger partial charge in [0.05, 0.1) is 41.3 Å². The third-order valence-corrected chi connectivity index (χ3v) is 5.34. The second-order valence-electron chi connectivity index (χ2n) is 6.00. The quantitative estimate of drug-likeness (QED) is 0.850. The maximum atomic E-state index is 12.9. The first kappa shape index (κ1) is 17.0. The molecule has 1 aliphatic rings. The van der Waals surface area contributed by atoms with Crippen molar-refractivity contribution in [2.24, 2.45) is 0 Å². The summed E-state index contributed by atoms with van der Waals surface area (Å²) in [6, 6.07) is 0.0643. The molecule has 0 aliphatic carbocycles.